The molecule has 0 fully saturated rings. The lowest BCUT2D eigenvalue weighted by Gasteiger charge is -2.10. The molecule has 0 aromatic carbocycles. The Morgan fingerprint density at radius 2 is 2.07 bits per heavy atom. The second-order valence-electron chi connectivity index (χ2n) is 3.45. The Morgan fingerprint density at radius 1 is 1.27 bits per heavy atom. The Labute approximate surface area is 87.7 Å². The van der Waals surface area contributed by atoms with Gasteiger partial charge >= 0.3 is 0 Å². The number of aryl methyl sites for hydroxylation is 1. The Kier molecular flexibility index (Phi) is 2.37. The van der Waals surface area contributed by atoms with Crippen LogP contribution >= 0.6 is 0 Å². The first kappa shape index (κ1) is 9.64. The molecule has 2 rings (SSSR count). The molecule has 0 aliphatic heterocycles. The largest absolute Gasteiger partial charge is 0.363 e. The van der Waals surface area contributed by atoms with Crippen LogP contribution in [0.15, 0.2) is 22.9 Å². The highest BCUT2D eigenvalue weighted by molar-refractivity contribution is 5.54. The average Bonchev–Trinajstić information content (AvgIpc) is 2.65. The van der Waals surface area contributed by atoms with Gasteiger partial charge in [-0.2, -0.15) is 4.98 Å². The van der Waals surface area contributed by atoms with Gasteiger partial charge in [-0.1, -0.05) is 5.16 Å². The van der Waals surface area contributed by atoms with Gasteiger partial charge in [-0.15, -0.1) is 0 Å². The number of aromatic nitrogens is 3. The molecule has 0 unspecified atom stereocenters. The molecule has 0 aliphatic rings. The summed E-state index contributed by atoms with van der Waals surface area (Å²) in [5.41, 5.74) is 0.834. The van der Waals surface area contributed by atoms with Crippen LogP contribution in [-0.4, -0.2) is 29.2 Å². The summed E-state index contributed by atoms with van der Waals surface area (Å²) >= 11 is 0. The van der Waals surface area contributed by atoms with Crippen molar-refractivity contribution in [3.8, 4) is 11.5 Å². The molecule has 5 nitrogen and oxygen atoms in total. The number of hydrogen-bond donors (Lipinski definition) is 0. The molecule has 5 heteroatoms. The highest BCUT2D eigenvalue weighted by atomic mass is 16.5. The first-order valence-corrected chi connectivity index (χ1v) is 4.61. The van der Waals surface area contributed by atoms with Crippen molar-refractivity contribution in [3.63, 3.8) is 0 Å². The van der Waals surface area contributed by atoms with Crippen LogP contribution in [-0.2, 0) is 0 Å². The monoisotopic (exact) mass is 204 g/mol. The van der Waals surface area contributed by atoms with Crippen molar-refractivity contribution < 1.29 is 4.52 Å². The standard InChI is InChI=1S/C10H12N4O/c1-7-12-10(15-13-7)8-4-5-9(11-6-8)14(2)3/h4-6H,1-3H3. The van der Waals surface area contributed by atoms with Crippen LogP contribution in [0.5, 0.6) is 0 Å². The van der Waals surface area contributed by atoms with Gasteiger partial charge < -0.3 is 9.42 Å². The van der Waals surface area contributed by atoms with E-state index in [9.17, 15) is 0 Å². The SMILES string of the molecule is Cc1noc(-c2ccc(N(C)C)nc2)n1. The second kappa shape index (κ2) is 3.68. The van der Waals surface area contributed by atoms with Gasteiger partial charge in [0.25, 0.3) is 5.89 Å². The number of rotatable bonds is 2. The van der Waals surface area contributed by atoms with Gasteiger partial charge in [0.2, 0.25) is 0 Å². The Balaban J connectivity index is 2.31. The lowest BCUT2D eigenvalue weighted by molar-refractivity contribution is 0.425. The van der Waals surface area contributed by atoms with Crippen LogP contribution < -0.4 is 4.90 Å². The van der Waals surface area contributed by atoms with Gasteiger partial charge in [0.05, 0.1) is 5.56 Å². The van der Waals surface area contributed by atoms with E-state index in [0.29, 0.717) is 11.7 Å². The quantitative estimate of drug-likeness (QED) is 0.742. The summed E-state index contributed by atoms with van der Waals surface area (Å²) in [6.07, 6.45) is 1.72. The fourth-order valence-corrected chi connectivity index (χ4v) is 1.19. The molecular formula is C10H12N4O. The van der Waals surface area contributed by atoms with Gasteiger partial charge in [-0.05, 0) is 19.1 Å². The van der Waals surface area contributed by atoms with Crippen molar-refractivity contribution >= 4 is 5.82 Å². The van der Waals surface area contributed by atoms with Crippen LogP contribution in [0.1, 0.15) is 5.82 Å². The molecule has 2 aromatic heterocycles. The second-order valence-corrected chi connectivity index (χ2v) is 3.45. The van der Waals surface area contributed by atoms with Crippen molar-refractivity contribution in [3.05, 3.63) is 24.2 Å². The summed E-state index contributed by atoms with van der Waals surface area (Å²) in [5.74, 6) is 2.03. The van der Waals surface area contributed by atoms with E-state index in [2.05, 4.69) is 15.1 Å². The summed E-state index contributed by atoms with van der Waals surface area (Å²) in [5, 5.41) is 3.73. The Hall–Kier alpha value is -1.91. The summed E-state index contributed by atoms with van der Waals surface area (Å²) in [4.78, 5) is 10.3. The fourth-order valence-electron chi connectivity index (χ4n) is 1.19. The number of pyridine rings is 1. The number of nitrogens with zero attached hydrogens (tertiary/aromatic N) is 4. The van der Waals surface area contributed by atoms with E-state index in [1.807, 2.05) is 31.1 Å². The smallest absolute Gasteiger partial charge is 0.259 e. The minimum Gasteiger partial charge on any atom is -0.363 e. The van der Waals surface area contributed by atoms with Crippen LogP contribution in [0.25, 0.3) is 11.5 Å². The van der Waals surface area contributed by atoms with E-state index in [1.165, 1.54) is 0 Å². The van der Waals surface area contributed by atoms with E-state index in [1.54, 1.807) is 13.1 Å². The van der Waals surface area contributed by atoms with Crippen molar-refractivity contribution in [1.29, 1.82) is 0 Å². The maximum absolute atomic E-state index is 5.04. The van der Waals surface area contributed by atoms with Crippen LogP contribution in [0.4, 0.5) is 5.82 Å². The molecule has 0 N–H and O–H groups in total. The summed E-state index contributed by atoms with van der Waals surface area (Å²) in [6.45, 7) is 1.79. The molecule has 0 saturated heterocycles. The third-order valence-electron chi connectivity index (χ3n) is 1.98. The zero-order valence-corrected chi connectivity index (χ0v) is 8.93. The number of hydrogen-bond acceptors (Lipinski definition) is 5. The molecule has 0 aliphatic carbocycles. The van der Waals surface area contributed by atoms with Gasteiger partial charge in [0.1, 0.15) is 5.82 Å². The molecule has 78 valence electrons. The minimum absolute atomic E-state index is 0.505. The van der Waals surface area contributed by atoms with Gasteiger partial charge in [-0.25, -0.2) is 4.98 Å². The van der Waals surface area contributed by atoms with Crippen molar-refractivity contribution in [2.24, 2.45) is 0 Å². The van der Waals surface area contributed by atoms with E-state index in [4.69, 9.17) is 4.52 Å². The molecule has 2 heterocycles. The van der Waals surface area contributed by atoms with Crippen molar-refractivity contribution in [1.82, 2.24) is 15.1 Å². The first-order chi connectivity index (χ1) is 7.16. The molecule has 0 saturated carbocycles. The molecule has 0 radical (unpaired) electrons. The van der Waals surface area contributed by atoms with Crippen LogP contribution in [0.3, 0.4) is 0 Å². The van der Waals surface area contributed by atoms with Gasteiger partial charge in [0.15, 0.2) is 5.82 Å². The predicted octanol–water partition coefficient (Wildman–Crippen LogP) is 1.51. The van der Waals surface area contributed by atoms with E-state index in [0.717, 1.165) is 11.4 Å². The third kappa shape index (κ3) is 1.96. The van der Waals surface area contributed by atoms with Gasteiger partial charge in [-0.3, -0.25) is 0 Å². The zero-order valence-electron chi connectivity index (χ0n) is 8.93. The van der Waals surface area contributed by atoms with E-state index in [-0.39, 0.29) is 0 Å². The average molecular weight is 204 g/mol. The van der Waals surface area contributed by atoms with Crippen molar-refractivity contribution in [2.45, 2.75) is 6.92 Å². The molecule has 2 aromatic rings. The maximum atomic E-state index is 5.04. The molecular weight excluding hydrogens is 192 g/mol. The normalized spacial score (nSPS) is 10.3. The maximum Gasteiger partial charge on any atom is 0.259 e. The van der Waals surface area contributed by atoms with E-state index < -0.39 is 0 Å². The molecule has 0 amide bonds. The van der Waals surface area contributed by atoms with E-state index >= 15 is 0 Å². The predicted molar refractivity (Wildman–Crippen MR) is 56.6 cm³/mol. The lowest BCUT2D eigenvalue weighted by atomic mass is 10.3. The van der Waals surface area contributed by atoms with Gasteiger partial charge in [0, 0.05) is 20.3 Å². The highest BCUT2D eigenvalue weighted by Crippen LogP contribution is 2.17. The fraction of sp³-hybridized carbons (Fsp3) is 0.300. The Morgan fingerprint density at radius 3 is 2.53 bits per heavy atom. The summed E-state index contributed by atoms with van der Waals surface area (Å²) in [7, 11) is 3.89. The molecule has 15 heavy (non-hydrogen) atoms. The first-order valence-electron chi connectivity index (χ1n) is 4.61. The summed E-state index contributed by atoms with van der Waals surface area (Å²) < 4.78 is 5.04. The van der Waals surface area contributed by atoms with Crippen LogP contribution in [0, 0.1) is 6.92 Å². The summed E-state index contributed by atoms with van der Waals surface area (Å²) in [6, 6.07) is 3.82. The third-order valence-corrected chi connectivity index (χ3v) is 1.98. The molecule has 0 spiro atoms. The lowest BCUT2D eigenvalue weighted by Crippen LogP contribution is -2.09. The minimum atomic E-state index is 0.505. The molecule has 0 bridgehead atoms. The van der Waals surface area contributed by atoms with Crippen LogP contribution in [0.2, 0.25) is 0 Å². The topological polar surface area (TPSA) is 55.1 Å². The molecule has 0 atom stereocenters. The Bertz CT molecular complexity index is 447. The number of anilines is 1. The highest BCUT2D eigenvalue weighted by Gasteiger charge is 2.06. The van der Waals surface area contributed by atoms with Crippen molar-refractivity contribution in [2.75, 3.05) is 19.0 Å². The zero-order chi connectivity index (χ0) is 10.8.